The summed E-state index contributed by atoms with van der Waals surface area (Å²) >= 11 is 0. The number of aliphatic hydroxyl groups is 2. The van der Waals surface area contributed by atoms with Crippen molar-refractivity contribution in [3.05, 3.63) is 42.9 Å². The van der Waals surface area contributed by atoms with Gasteiger partial charge in [-0.2, -0.15) is 0 Å². The smallest absolute Gasteiger partial charge is 0 e. The van der Waals surface area contributed by atoms with Crippen LogP contribution in [0.5, 0.6) is 0 Å². The molecule has 1 aliphatic rings. The van der Waals surface area contributed by atoms with Crippen LogP contribution in [0.4, 0.5) is 0 Å². The van der Waals surface area contributed by atoms with E-state index in [4.69, 9.17) is 0 Å². The van der Waals surface area contributed by atoms with Crippen molar-refractivity contribution in [2.75, 3.05) is 0 Å². The monoisotopic (exact) mass is 403 g/mol. The number of aliphatic hydroxyl groups excluding tert-OH is 2. The third-order valence-corrected chi connectivity index (χ3v) is 1.92. The Kier molecular flexibility index (Phi) is 5.91. The Balaban J connectivity index is 0.00000144. The van der Waals surface area contributed by atoms with Crippen LogP contribution in [-0.2, 0) is 0 Å². The molecule has 0 amide bonds. The van der Waals surface area contributed by atoms with E-state index < -0.39 is 12.2 Å². The number of hydrogen-bond donors (Lipinski definition) is 2. The fourth-order valence-electron chi connectivity index (χ4n) is 1.26. The SMILES string of the molecule is C=C/C=C1\C[C@@H](O)[CH-][C@H](O)C1=C.[U]. The van der Waals surface area contributed by atoms with Gasteiger partial charge >= 0.3 is 0 Å². The summed E-state index contributed by atoms with van der Waals surface area (Å²) in [6.07, 6.45) is 4.09. The van der Waals surface area contributed by atoms with E-state index in [0.717, 1.165) is 5.57 Å². The Bertz CT molecular complexity index is 233. The molecule has 1 aliphatic carbocycles. The Hall–Kier alpha value is 0.192. The number of rotatable bonds is 1. The van der Waals surface area contributed by atoms with Crippen molar-refractivity contribution in [3.63, 3.8) is 0 Å². The standard InChI is InChI=1S/C10H13O2.U/c1-3-4-8-5-9(11)6-10(12)7(8)2;/h3-4,6,9-12H,1-2,5H2;/q-1;/b8-4+;/t9-,10+;/m1./s1. The predicted octanol–water partition coefficient (Wildman–Crippen LogP) is 0.985. The van der Waals surface area contributed by atoms with Gasteiger partial charge in [0.05, 0.1) is 0 Å². The summed E-state index contributed by atoms with van der Waals surface area (Å²) in [5.41, 5.74) is 1.52. The molecule has 0 aliphatic heterocycles. The minimum atomic E-state index is -0.722. The molecule has 1 rings (SSSR count). The predicted molar refractivity (Wildman–Crippen MR) is 48.4 cm³/mol. The molecule has 0 radical (unpaired) electrons. The number of allylic oxidation sites excluding steroid dienone is 2. The van der Waals surface area contributed by atoms with Gasteiger partial charge in [-0.3, -0.25) is 6.42 Å². The molecule has 0 aromatic carbocycles. The average molecular weight is 403 g/mol. The molecule has 0 aromatic heterocycles. The average Bonchev–Trinajstić information content (AvgIpc) is 2.00. The van der Waals surface area contributed by atoms with Crippen LogP contribution in [0.3, 0.4) is 0 Å². The van der Waals surface area contributed by atoms with E-state index in [1.165, 1.54) is 6.42 Å². The van der Waals surface area contributed by atoms with Crippen molar-refractivity contribution in [2.24, 2.45) is 0 Å². The molecule has 0 saturated heterocycles. The van der Waals surface area contributed by atoms with Gasteiger partial charge in [0.25, 0.3) is 0 Å². The van der Waals surface area contributed by atoms with E-state index in [1.807, 2.05) is 0 Å². The molecular formula is C10H13O2U-. The zero-order valence-corrected chi connectivity index (χ0v) is 11.6. The number of hydrogen-bond acceptors (Lipinski definition) is 2. The molecule has 1 saturated carbocycles. The van der Waals surface area contributed by atoms with Gasteiger partial charge in [-0.25, -0.2) is 0 Å². The summed E-state index contributed by atoms with van der Waals surface area (Å²) in [6, 6.07) is 0. The van der Waals surface area contributed by atoms with E-state index in [0.29, 0.717) is 12.0 Å². The van der Waals surface area contributed by atoms with Gasteiger partial charge in [-0.05, 0) is 18.1 Å². The van der Waals surface area contributed by atoms with E-state index in [2.05, 4.69) is 13.2 Å². The van der Waals surface area contributed by atoms with Crippen molar-refractivity contribution < 1.29 is 41.3 Å². The first kappa shape index (κ1) is 13.2. The molecule has 0 bridgehead atoms. The van der Waals surface area contributed by atoms with Crippen LogP contribution in [0, 0.1) is 37.5 Å². The van der Waals surface area contributed by atoms with Crippen LogP contribution < -0.4 is 0 Å². The zero-order valence-electron chi connectivity index (χ0n) is 7.40. The summed E-state index contributed by atoms with van der Waals surface area (Å²) in [4.78, 5) is 0. The van der Waals surface area contributed by atoms with Crippen molar-refractivity contribution in [3.8, 4) is 0 Å². The molecule has 1 fully saturated rings. The van der Waals surface area contributed by atoms with Crippen LogP contribution in [-0.4, -0.2) is 22.4 Å². The third kappa shape index (κ3) is 3.44. The van der Waals surface area contributed by atoms with Gasteiger partial charge in [0.1, 0.15) is 0 Å². The largest absolute Gasteiger partial charge is 0.425 e. The molecule has 0 heterocycles. The molecule has 13 heavy (non-hydrogen) atoms. The summed E-state index contributed by atoms with van der Waals surface area (Å²) in [6.45, 7) is 7.27. The topological polar surface area (TPSA) is 40.5 Å². The van der Waals surface area contributed by atoms with E-state index >= 15 is 0 Å². The molecule has 70 valence electrons. The maximum atomic E-state index is 9.35. The van der Waals surface area contributed by atoms with Gasteiger partial charge in [-0.15, -0.1) is 0 Å². The summed E-state index contributed by atoms with van der Waals surface area (Å²) in [5, 5.41) is 18.6. The van der Waals surface area contributed by atoms with Crippen LogP contribution in [0.25, 0.3) is 0 Å². The van der Waals surface area contributed by atoms with Crippen molar-refractivity contribution >= 4 is 0 Å². The van der Waals surface area contributed by atoms with Crippen LogP contribution >= 0.6 is 0 Å². The first-order chi connectivity index (χ1) is 5.65. The minimum absolute atomic E-state index is 0. The normalized spacial score (nSPS) is 31.2. The first-order valence-electron chi connectivity index (χ1n) is 3.87. The van der Waals surface area contributed by atoms with Crippen LogP contribution in [0.1, 0.15) is 6.42 Å². The Morgan fingerprint density at radius 2 is 2.08 bits per heavy atom. The molecular weight excluding hydrogens is 390 g/mol. The molecule has 2 N–H and O–H groups in total. The van der Waals surface area contributed by atoms with Gasteiger partial charge in [-0.1, -0.05) is 37.0 Å². The summed E-state index contributed by atoms with van der Waals surface area (Å²) in [5.74, 6) is 0. The van der Waals surface area contributed by atoms with E-state index in [9.17, 15) is 10.2 Å². The summed E-state index contributed by atoms with van der Waals surface area (Å²) < 4.78 is 0. The second-order valence-electron chi connectivity index (χ2n) is 2.86. The Labute approximate surface area is 102 Å². The van der Waals surface area contributed by atoms with Crippen LogP contribution in [0.2, 0.25) is 0 Å². The quantitative estimate of drug-likeness (QED) is 0.642. The van der Waals surface area contributed by atoms with Gasteiger partial charge in [0, 0.05) is 31.1 Å². The molecule has 0 unspecified atom stereocenters. The molecule has 2 nitrogen and oxygen atoms in total. The second kappa shape index (κ2) is 5.82. The third-order valence-electron chi connectivity index (χ3n) is 1.92. The van der Waals surface area contributed by atoms with E-state index in [1.54, 1.807) is 12.2 Å². The second-order valence-corrected chi connectivity index (χ2v) is 2.86. The molecule has 0 aromatic rings. The zero-order chi connectivity index (χ0) is 9.14. The fraction of sp³-hybridized carbons (Fsp3) is 0.300. The summed E-state index contributed by atoms with van der Waals surface area (Å²) in [7, 11) is 0. The minimum Gasteiger partial charge on any atom is -0.425 e. The molecule has 3 heteroatoms. The van der Waals surface area contributed by atoms with Gasteiger partial charge in [0.15, 0.2) is 0 Å². The Morgan fingerprint density at radius 3 is 2.62 bits per heavy atom. The van der Waals surface area contributed by atoms with Crippen molar-refractivity contribution in [1.82, 2.24) is 0 Å². The van der Waals surface area contributed by atoms with E-state index in [-0.39, 0.29) is 31.1 Å². The van der Waals surface area contributed by atoms with Crippen LogP contribution in [0.15, 0.2) is 36.5 Å². The van der Waals surface area contributed by atoms with Crippen molar-refractivity contribution in [1.29, 1.82) is 0 Å². The first-order valence-corrected chi connectivity index (χ1v) is 3.87. The Morgan fingerprint density at radius 1 is 1.46 bits per heavy atom. The van der Waals surface area contributed by atoms with Gasteiger partial charge in [0.2, 0.25) is 0 Å². The van der Waals surface area contributed by atoms with Crippen molar-refractivity contribution in [2.45, 2.75) is 18.6 Å². The molecule has 2 atom stereocenters. The maximum Gasteiger partial charge on any atom is 0 e. The fourth-order valence-corrected chi connectivity index (χ4v) is 1.26. The molecule has 0 spiro atoms. The van der Waals surface area contributed by atoms with Gasteiger partial charge < -0.3 is 10.2 Å². The maximum absolute atomic E-state index is 9.35.